The molecule has 2 rings (SSSR count). The van der Waals surface area contributed by atoms with Crippen LogP contribution in [-0.2, 0) is 4.74 Å². The summed E-state index contributed by atoms with van der Waals surface area (Å²) in [6.07, 6.45) is 1.10. The average Bonchev–Trinajstić information content (AvgIpc) is 2.74. The number of rotatable bonds is 4. The van der Waals surface area contributed by atoms with E-state index >= 15 is 0 Å². The van der Waals surface area contributed by atoms with Gasteiger partial charge >= 0.3 is 0 Å². The first-order valence-electron chi connectivity index (χ1n) is 5.43. The van der Waals surface area contributed by atoms with Crippen LogP contribution in [0.4, 0.5) is 0 Å². The third kappa shape index (κ3) is 2.33. The Morgan fingerprint density at radius 2 is 2.25 bits per heavy atom. The molecule has 88 valence electrons. The van der Waals surface area contributed by atoms with Crippen LogP contribution in [0.2, 0.25) is 0 Å². The number of hydrogen-bond acceptors (Lipinski definition) is 3. The van der Waals surface area contributed by atoms with Crippen LogP contribution in [-0.4, -0.2) is 13.4 Å². The van der Waals surface area contributed by atoms with Crippen molar-refractivity contribution in [3.05, 3.63) is 22.2 Å². The van der Waals surface area contributed by atoms with Crippen molar-refractivity contribution < 1.29 is 14.2 Å². The molecule has 1 aromatic carbocycles. The molecule has 1 aromatic rings. The van der Waals surface area contributed by atoms with E-state index in [4.69, 9.17) is 14.2 Å². The van der Waals surface area contributed by atoms with Crippen LogP contribution < -0.4 is 9.47 Å². The van der Waals surface area contributed by atoms with Crippen LogP contribution in [0.3, 0.4) is 0 Å². The molecule has 0 aromatic heterocycles. The van der Waals surface area contributed by atoms with Crippen LogP contribution in [0.1, 0.15) is 31.9 Å². The fraction of sp³-hybridized carbons (Fsp3) is 0.500. The number of halogens is 1. The number of ether oxygens (including phenoxy) is 3. The molecule has 0 radical (unpaired) electrons. The summed E-state index contributed by atoms with van der Waals surface area (Å²) in [4.78, 5) is 0. The molecule has 0 bridgehead atoms. The number of benzene rings is 1. The Morgan fingerprint density at radius 3 is 3.00 bits per heavy atom. The highest BCUT2D eigenvalue weighted by atomic mass is 79.9. The zero-order chi connectivity index (χ0) is 11.5. The minimum absolute atomic E-state index is 0.0748. The highest BCUT2D eigenvalue weighted by molar-refractivity contribution is 9.10. The van der Waals surface area contributed by atoms with Gasteiger partial charge < -0.3 is 14.2 Å². The molecule has 16 heavy (non-hydrogen) atoms. The zero-order valence-electron chi connectivity index (χ0n) is 9.46. The molecule has 1 heterocycles. The molecule has 0 saturated carbocycles. The van der Waals surface area contributed by atoms with Gasteiger partial charge in [0.2, 0.25) is 6.79 Å². The van der Waals surface area contributed by atoms with E-state index in [9.17, 15) is 0 Å². The van der Waals surface area contributed by atoms with E-state index in [1.807, 2.05) is 19.1 Å². The molecular weight excluding hydrogens is 272 g/mol. The van der Waals surface area contributed by atoms with Crippen molar-refractivity contribution >= 4 is 15.9 Å². The first-order chi connectivity index (χ1) is 7.72. The second-order valence-corrected chi connectivity index (χ2v) is 4.60. The van der Waals surface area contributed by atoms with Gasteiger partial charge in [0.25, 0.3) is 0 Å². The van der Waals surface area contributed by atoms with Crippen molar-refractivity contribution in [1.29, 1.82) is 0 Å². The molecule has 0 amide bonds. The normalized spacial score (nSPS) is 15.2. The maximum absolute atomic E-state index is 5.67. The van der Waals surface area contributed by atoms with Crippen molar-refractivity contribution in [3.63, 3.8) is 0 Å². The minimum Gasteiger partial charge on any atom is -0.454 e. The Labute approximate surface area is 104 Å². The monoisotopic (exact) mass is 286 g/mol. The molecule has 0 spiro atoms. The lowest BCUT2D eigenvalue weighted by molar-refractivity contribution is 0.0661. The van der Waals surface area contributed by atoms with Crippen molar-refractivity contribution in [2.45, 2.75) is 26.4 Å². The largest absolute Gasteiger partial charge is 0.454 e. The molecule has 0 aliphatic carbocycles. The standard InChI is InChI=1S/C12H15BrO3/c1-3-4-14-8(2)9-5-10(13)12-11(6-9)15-7-16-12/h5-6,8H,3-4,7H2,1-2H3. The molecule has 1 aliphatic heterocycles. The van der Waals surface area contributed by atoms with Gasteiger partial charge in [0.15, 0.2) is 11.5 Å². The Morgan fingerprint density at radius 1 is 1.44 bits per heavy atom. The lowest BCUT2D eigenvalue weighted by Crippen LogP contribution is -2.01. The van der Waals surface area contributed by atoms with E-state index in [0.717, 1.165) is 34.6 Å². The van der Waals surface area contributed by atoms with Crippen LogP contribution in [0, 0.1) is 0 Å². The van der Waals surface area contributed by atoms with E-state index in [1.54, 1.807) is 0 Å². The molecular formula is C12H15BrO3. The minimum atomic E-state index is 0.0748. The number of fused-ring (bicyclic) bond motifs is 1. The van der Waals surface area contributed by atoms with Gasteiger partial charge in [-0.2, -0.15) is 0 Å². The summed E-state index contributed by atoms with van der Waals surface area (Å²) in [7, 11) is 0. The van der Waals surface area contributed by atoms with Gasteiger partial charge in [0.05, 0.1) is 10.6 Å². The van der Waals surface area contributed by atoms with Gasteiger partial charge in [-0.05, 0) is 47.0 Å². The summed E-state index contributed by atoms with van der Waals surface area (Å²) in [5, 5.41) is 0. The second-order valence-electron chi connectivity index (χ2n) is 3.75. The fourth-order valence-corrected chi connectivity index (χ4v) is 2.19. The summed E-state index contributed by atoms with van der Waals surface area (Å²) >= 11 is 3.47. The van der Waals surface area contributed by atoms with Gasteiger partial charge in [-0.25, -0.2) is 0 Å². The lowest BCUT2D eigenvalue weighted by Gasteiger charge is -2.14. The third-order valence-electron chi connectivity index (χ3n) is 2.49. The highest BCUT2D eigenvalue weighted by Crippen LogP contribution is 2.41. The van der Waals surface area contributed by atoms with Crippen LogP contribution in [0.5, 0.6) is 11.5 Å². The maximum atomic E-state index is 5.67. The Kier molecular flexibility index (Phi) is 3.71. The first kappa shape index (κ1) is 11.7. The molecule has 1 atom stereocenters. The van der Waals surface area contributed by atoms with E-state index in [2.05, 4.69) is 22.9 Å². The average molecular weight is 287 g/mol. The predicted octanol–water partition coefficient (Wildman–Crippen LogP) is 3.67. The van der Waals surface area contributed by atoms with E-state index in [0.29, 0.717) is 6.79 Å². The summed E-state index contributed by atoms with van der Waals surface area (Å²) in [6.45, 7) is 5.21. The smallest absolute Gasteiger partial charge is 0.231 e. The summed E-state index contributed by atoms with van der Waals surface area (Å²) in [5.41, 5.74) is 1.10. The Bertz CT molecular complexity index is 379. The number of hydrogen-bond donors (Lipinski definition) is 0. The van der Waals surface area contributed by atoms with Gasteiger partial charge in [-0.15, -0.1) is 0 Å². The quantitative estimate of drug-likeness (QED) is 0.845. The lowest BCUT2D eigenvalue weighted by atomic mass is 10.1. The van der Waals surface area contributed by atoms with Crippen molar-refractivity contribution in [2.24, 2.45) is 0 Å². The molecule has 1 unspecified atom stereocenters. The zero-order valence-corrected chi connectivity index (χ0v) is 11.0. The third-order valence-corrected chi connectivity index (χ3v) is 3.08. The van der Waals surface area contributed by atoms with Gasteiger partial charge in [0, 0.05) is 6.61 Å². The van der Waals surface area contributed by atoms with E-state index in [-0.39, 0.29) is 6.10 Å². The maximum Gasteiger partial charge on any atom is 0.231 e. The van der Waals surface area contributed by atoms with Crippen LogP contribution in [0.15, 0.2) is 16.6 Å². The van der Waals surface area contributed by atoms with Crippen LogP contribution >= 0.6 is 15.9 Å². The molecule has 0 saturated heterocycles. The Hall–Kier alpha value is -0.740. The summed E-state index contributed by atoms with van der Waals surface area (Å²) in [6, 6.07) is 4.00. The van der Waals surface area contributed by atoms with Crippen molar-refractivity contribution in [3.8, 4) is 11.5 Å². The second kappa shape index (κ2) is 5.06. The topological polar surface area (TPSA) is 27.7 Å². The molecule has 1 aliphatic rings. The molecule has 0 N–H and O–H groups in total. The summed E-state index contributed by atoms with van der Waals surface area (Å²) in [5.74, 6) is 1.57. The highest BCUT2D eigenvalue weighted by Gasteiger charge is 2.19. The van der Waals surface area contributed by atoms with Gasteiger partial charge in [-0.1, -0.05) is 6.92 Å². The van der Waals surface area contributed by atoms with Crippen molar-refractivity contribution in [1.82, 2.24) is 0 Å². The SMILES string of the molecule is CCCOC(C)c1cc(Br)c2c(c1)OCO2. The van der Waals surface area contributed by atoms with Crippen LogP contribution in [0.25, 0.3) is 0 Å². The molecule has 0 fully saturated rings. The molecule has 4 heteroatoms. The van der Waals surface area contributed by atoms with E-state index in [1.165, 1.54) is 0 Å². The first-order valence-corrected chi connectivity index (χ1v) is 6.22. The molecule has 3 nitrogen and oxygen atoms in total. The Balaban J connectivity index is 2.19. The van der Waals surface area contributed by atoms with Gasteiger partial charge in [0.1, 0.15) is 0 Å². The van der Waals surface area contributed by atoms with Gasteiger partial charge in [-0.3, -0.25) is 0 Å². The van der Waals surface area contributed by atoms with E-state index < -0.39 is 0 Å². The predicted molar refractivity (Wildman–Crippen MR) is 64.9 cm³/mol. The fourth-order valence-electron chi connectivity index (χ4n) is 1.61. The van der Waals surface area contributed by atoms with Crippen molar-refractivity contribution in [2.75, 3.05) is 13.4 Å². The summed E-state index contributed by atoms with van der Waals surface area (Å²) < 4.78 is 17.3.